The number of rotatable bonds is 6. The minimum Gasteiger partial charge on any atom is -0.308 e. The SMILES string of the molecule is C=Cc1ccc(Cn2c(C)nc3ccc(C(=O)NS(=O)(=O)c4ccccc4)nc32)c(Cl)c1. The maximum Gasteiger partial charge on any atom is 0.283 e. The van der Waals surface area contributed by atoms with Gasteiger partial charge in [-0.15, -0.1) is 0 Å². The van der Waals surface area contributed by atoms with Crippen LogP contribution in [-0.2, 0) is 16.6 Å². The van der Waals surface area contributed by atoms with Gasteiger partial charge in [-0.3, -0.25) is 4.79 Å². The molecule has 0 saturated heterocycles. The van der Waals surface area contributed by atoms with Crippen LogP contribution in [0.2, 0.25) is 5.02 Å². The number of amides is 1. The molecule has 0 saturated carbocycles. The van der Waals surface area contributed by atoms with E-state index in [-0.39, 0.29) is 10.6 Å². The van der Waals surface area contributed by atoms with Crippen molar-refractivity contribution in [2.75, 3.05) is 0 Å². The first kappa shape index (κ1) is 21.7. The predicted octanol–water partition coefficient (Wildman–Crippen LogP) is 4.20. The van der Waals surface area contributed by atoms with E-state index in [4.69, 9.17) is 11.6 Å². The van der Waals surface area contributed by atoms with Gasteiger partial charge in [-0.2, -0.15) is 0 Å². The van der Waals surface area contributed by atoms with Gasteiger partial charge in [0.2, 0.25) is 0 Å². The Hall–Kier alpha value is -3.49. The first-order valence-corrected chi connectivity index (χ1v) is 11.5. The number of nitrogens with zero attached hydrogens (tertiary/aromatic N) is 3. The Balaban J connectivity index is 1.67. The molecule has 2 heterocycles. The second-order valence-electron chi connectivity index (χ2n) is 7.09. The third-order valence-electron chi connectivity index (χ3n) is 4.94. The second kappa shape index (κ2) is 8.57. The Morgan fingerprint density at radius 3 is 2.56 bits per heavy atom. The summed E-state index contributed by atoms with van der Waals surface area (Å²) in [7, 11) is -4.01. The van der Waals surface area contributed by atoms with Gasteiger partial charge in [-0.05, 0) is 48.4 Å². The standard InChI is InChI=1S/C23H19ClN4O3S/c1-3-16-9-10-17(19(24)13-16)14-28-15(2)25-20-11-12-21(26-22(20)28)23(29)27-32(30,31)18-7-5-4-6-8-18/h3-13H,1,14H2,2H3,(H,27,29). The molecule has 0 atom stereocenters. The molecule has 4 rings (SSSR count). The Kier molecular flexibility index (Phi) is 5.82. The number of aromatic nitrogens is 3. The zero-order valence-electron chi connectivity index (χ0n) is 17.1. The third-order valence-corrected chi connectivity index (χ3v) is 6.64. The number of carbonyl (C=O) groups is 1. The molecule has 0 unspecified atom stereocenters. The van der Waals surface area contributed by atoms with E-state index in [1.165, 1.54) is 18.2 Å². The van der Waals surface area contributed by atoms with E-state index in [1.54, 1.807) is 30.3 Å². The molecule has 1 N–H and O–H groups in total. The molecule has 9 heteroatoms. The molecule has 7 nitrogen and oxygen atoms in total. The van der Waals surface area contributed by atoms with Crippen molar-refractivity contribution in [2.45, 2.75) is 18.4 Å². The average molecular weight is 467 g/mol. The minimum atomic E-state index is -4.01. The predicted molar refractivity (Wildman–Crippen MR) is 124 cm³/mol. The number of fused-ring (bicyclic) bond motifs is 1. The smallest absolute Gasteiger partial charge is 0.283 e. The molecular formula is C23H19ClN4O3S. The monoisotopic (exact) mass is 466 g/mol. The number of carbonyl (C=O) groups excluding carboxylic acids is 1. The van der Waals surface area contributed by atoms with Gasteiger partial charge in [0.05, 0.1) is 11.4 Å². The van der Waals surface area contributed by atoms with Crippen LogP contribution >= 0.6 is 11.6 Å². The van der Waals surface area contributed by atoms with Crippen LogP contribution < -0.4 is 4.72 Å². The van der Waals surface area contributed by atoms with Gasteiger partial charge >= 0.3 is 0 Å². The average Bonchev–Trinajstić information content (AvgIpc) is 3.09. The molecule has 4 aromatic rings. The van der Waals surface area contributed by atoms with Gasteiger partial charge in [-0.1, -0.05) is 54.6 Å². The Morgan fingerprint density at radius 1 is 1.12 bits per heavy atom. The number of aryl methyl sites for hydroxylation is 1. The van der Waals surface area contributed by atoms with Crippen LogP contribution in [0.1, 0.15) is 27.4 Å². The highest BCUT2D eigenvalue weighted by Crippen LogP contribution is 2.23. The van der Waals surface area contributed by atoms with E-state index in [1.807, 2.05) is 29.7 Å². The van der Waals surface area contributed by atoms with Crippen LogP contribution in [0.15, 0.2) is 72.1 Å². The number of hydrogen-bond acceptors (Lipinski definition) is 5. The van der Waals surface area contributed by atoms with E-state index in [0.29, 0.717) is 28.6 Å². The summed E-state index contributed by atoms with van der Waals surface area (Å²) in [6, 6.07) is 16.4. The first-order chi connectivity index (χ1) is 15.3. The van der Waals surface area contributed by atoms with Crippen molar-refractivity contribution < 1.29 is 13.2 Å². The van der Waals surface area contributed by atoms with Crippen molar-refractivity contribution in [3.63, 3.8) is 0 Å². The van der Waals surface area contributed by atoms with Crippen LogP contribution in [0.4, 0.5) is 0 Å². The topological polar surface area (TPSA) is 94.0 Å². The molecule has 0 bridgehead atoms. The number of halogens is 1. The molecule has 0 aliphatic rings. The van der Waals surface area contributed by atoms with Crippen molar-refractivity contribution in [2.24, 2.45) is 0 Å². The summed E-state index contributed by atoms with van der Waals surface area (Å²) in [5.41, 5.74) is 2.76. The maximum atomic E-state index is 12.7. The number of benzene rings is 2. The molecule has 2 aromatic carbocycles. The molecule has 32 heavy (non-hydrogen) atoms. The molecule has 162 valence electrons. The molecule has 1 amide bonds. The summed E-state index contributed by atoms with van der Waals surface area (Å²) in [6.07, 6.45) is 1.71. The van der Waals surface area contributed by atoms with Crippen LogP contribution in [0.3, 0.4) is 0 Å². The highest BCUT2D eigenvalue weighted by atomic mass is 35.5. The van der Waals surface area contributed by atoms with E-state index in [2.05, 4.69) is 21.3 Å². The lowest BCUT2D eigenvalue weighted by atomic mass is 10.1. The fraction of sp³-hybridized carbons (Fsp3) is 0.0870. The van der Waals surface area contributed by atoms with E-state index in [9.17, 15) is 13.2 Å². The van der Waals surface area contributed by atoms with E-state index in [0.717, 1.165) is 11.1 Å². The zero-order valence-corrected chi connectivity index (χ0v) is 18.7. The summed E-state index contributed by atoms with van der Waals surface area (Å²) in [5, 5.41) is 0.575. The fourth-order valence-electron chi connectivity index (χ4n) is 3.25. The Labute approximate surface area is 190 Å². The van der Waals surface area contributed by atoms with Gasteiger partial charge in [0, 0.05) is 5.02 Å². The van der Waals surface area contributed by atoms with Crippen LogP contribution in [-0.4, -0.2) is 28.9 Å². The zero-order chi connectivity index (χ0) is 22.9. The van der Waals surface area contributed by atoms with Crippen molar-refractivity contribution in [3.8, 4) is 0 Å². The number of hydrogen-bond donors (Lipinski definition) is 1. The maximum absolute atomic E-state index is 12.7. The molecular weight excluding hydrogens is 448 g/mol. The summed E-state index contributed by atoms with van der Waals surface area (Å²) in [5.74, 6) is -0.139. The molecule has 0 radical (unpaired) electrons. The number of imidazole rings is 1. The highest BCUT2D eigenvalue weighted by Gasteiger charge is 2.21. The molecule has 0 spiro atoms. The third kappa shape index (κ3) is 4.28. The largest absolute Gasteiger partial charge is 0.308 e. The van der Waals surface area contributed by atoms with Gasteiger partial charge in [-0.25, -0.2) is 23.1 Å². The molecule has 0 fully saturated rings. The van der Waals surface area contributed by atoms with E-state index < -0.39 is 15.9 Å². The Morgan fingerprint density at radius 2 is 1.88 bits per heavy atom. The normalized spacial score (nSPS) is 11.4. The number of pyridine rings is 1. The van der Waals surface area contributed by atoms with Crippen molar-refractivity contribution >= 4 is 44.8 Å². The first-order valence-electron chi connectivity index (χ1n) is 9.65. The molecule has 0 aliphatic heterocycles. The lowest BCUT2D eigenvalue weighted by molar-refractivity contribution is 0.0977. The van der Waals surface area contributed by atoms with Crippen molar-refractivity contribution in [1.29, 1.82) is 0 Å². The van der Waals surface area contributed by atoms with Crippen LogP contribution in [0.25, 0.3) is 17.2 Å². The van der Waals surface area contributed by atoms with Crippen LogP contribution in [0.5, 0.6) is 0 Å². The van der Waals surface area contributed by atoms with Crippen molar-refractivity contribution in [3.05, 3.63) is 94.9 Å². The number of sulfonamides is 1. The summed E-state index contributed by atoms with van der Waals surface area (Å²) < 4.78 is 28.9. The molecule has 2 aromatic heterocycles. The van der Waals surface area contributed by atoms with Gasteiger partial charge in [0.1, 0.15) is 17.0 Å². The summed E-state index contributed by atoms with van der Waals surface area (Å²) >= 11 is 6.41. The second-order valence-corrected chi connectivity index (χ2v) is 9.18. The minimum absolute atomic E-state index is 0.00655. The van der Waals surface area contributed by atoms with Gasteiger partial charge in [0.25, 0.3) is 15.9 Å². The Bertz CT molecular complexity index is 1450. The lowest BCUT2D eigenvalue weighted by Crippen LogP contribution is -2.31. The van der Waals surface area contributed by atoms with Crippen molar-refractivity contribution in [1.82, 2.24) is 19.3 Å². The lowest BCUT2D eigenvalue weighted by Gasteiger charge is -2.10. The van der Waals surface area contributed by atoms with Crippen LogP contribution in [0, 0.1) is 6.92 Å². The summed E-state index contributed by atoms with van der Waals surface area (Å²) in [4.78, 5) is 21.5. The highest BCUT2D eigenvalue weighted by molar-refractivity contribution is 7.90. The molecule has 0 aliphatic carbocycles. The fourth-order valence-corrected chi connectivity index (χ4v) is 4.48. The van der Waals surface area contributed by atoms with E-state index >= 15 is 0 Å². The summed E-state index contributed by atoms with van der Waals surface area (Å²) in [6.45, 7) is 5.95. The quantitative estimate of drug-likeness (QED) is 0.459. The number of nitrogens with one attached hydrogen (secondary N) is 1. The van der Waals surface area contributed by atoms with Gasteiger partial charge in [0.15, 0.2) is 5.65 Å². The van der Waals surface area contributed by atoms with Gasteiger partial charge < -0.3 is 4.57 Å².